The van der Waals surface area contributed by atoms with Gasteiger partial charge in [-0.1, -0.05) is 24.6 Å². The summed E-state index contributed by atoms with van der Waals surface area (Å²) in [7, 11) is 0. The molecule has 148 valence electrons. The molecule has 0 radical (unpaired) electrons. The van der Waals surface area contributed by atoms with Gasteiger partial charge in [0.2, 0.25) is 5.91 Å². The maximum Gasteiger partial charge on any atom is 0.324 e. The minimum absolute atomic E-state index is 0.396. The number of aromatic nitrogens is 2. The first-order valence-electron chi connectivity index (χ1n) is 10.9. The van der Waals surface area contributed by atoms with Crippen LogP contribution in [0.1, 0.15) is 54.5 Å². The van der Waals surface area contributed by atoms with Gasteiger partial charge in [0.15, 0.2) is 5.13 Å². The van der Waals surface area contributed by atoms with E-state index in [1.165, 1.54) is 16.2 Å². The van der Waals surface area contributed by atoms with Gasteiger partial charge in [-0.25, -0.2) is 9.78 Å². The molecule has 1 saturated heterocycles. The van der Waals surface area contributed by atoms with Crippen molar-refractivity contribution in [2.24, 2.45) is 5.73 Å². The molecule has 3 heterocycles. The number of hydrogen-bond acceptors (Lipinski definition) is 5. The standard InChI is InChI=1S/C20H25N5O2S/c1-12-16(13-6-9-22-15(11-13)20(2)7-4-8-20)28-18(23-12)24-19(27)25-10-3-5-14(25)17(21)26/h6,9,11,14H,3-5,7-8,10H2,1-2H3,(H2,21,26)(H,23,24,27)/t14-/m0/s1/i2D3. The summed E-state index contributed by atoms with van der Waals surface area (Å²) < 4.78 is 24.0. The van der Waals surface area contributed by atoms with Gasteiger partial charge in [-0.05, 0) is 50.3 Å². The first-order chi connectivity index (χ1) is 14.6. The third-order valence-electron chi connectivity index (χ3n) is 5.57. The Morgan fingerprint density at radius 1 is 1.43 bits per heavy atom. The number of likely N-dealkylation sites (tertiary alicyclic amines) is 1. The fourth-order valence-corrected chi connectivity index (χ4v) is 4.76. The summed E-state index contributed by atoms with van der Waals surface area (Å²) in [6.45, 7) is 0.208. The minimum atomic E-state index is -2.11. The molecule has 1 aliphatic carbocycles. The van der Waals surface area contributed by atoms with Crippen molar-refractivity contribution in [2.45, 2.75) is 57.3 Å². The van der Waals surface area contributed by atoms with Gasteiger partial charge in [0.05, 0.1) is 10.6 Å². The highest BCUT2D eigenvalue weighted by Gasteiger charge is 2.35. The fourth-order valence-electron chi connectivity index (χ4n) is 3.81. The summed E-state index contributed by atoms with van der Waals surface area (Å²) in [5.41, 5.74) is 6.64. The number of amides is 3. The Balaban J connectivity index is 1.57. The number of pyridine rings is 1. The minimum Gasteiger partial charge on any atom is -0.368 e. The largest absolute Gasteiger partial charge is 0.368 e. The monoisotopic (exact) mass is 402 g/mol. The average molecular weight is 403 g/mol. The Labute approximate surface area is 172 Å². The molecule has 2 fully saturated rings. The van der Waals surface area contributed by atoms with Crippen molar-refractivity contribution < 1.29 is 13.7 Å². The van der Waals surface area contributed by atoms with Crippen LogP contribution in [0.15, 0.2) is 18.3 Å². The number of carbonyl (C=O) groups excluding carboxylic acids is 2. The predicted octanol–water partition coefficient (Wildman–Crippen LogP) is 3.44. The van der Waals surface area contributed by atoms with E-state index in [2.05, 4.69) is 15.3 Å². The predicted molar refractivity (Wildman–Crippen MR) is 109 cm³/mol. The lowest BCUT2D eigenvalue weighted by Crippen LogP contribution is -2.45. The highest BCUT2D eigenvalue weighted by molar-refractivity contribution is 7.19. The Hall–Kier alpha value is -2.48. The lowest BCUT2D eigenvalue weighted by Gasteiger charge is -2.37. The van der Waals surface area contributed by atoms with Gasteiger partial charge >= 0.3 is 6.03 Å². The number of anilines is 1. The molecule has 4 rings (SSSR count). The molecular weight excluding hydrogens is 374 g/mol. The quantitative estimate of drug-likeness (QED) is 0.818. The van der Waals surface area contributed by atoms with Crippen LogP contribution in [0.4, 0.5) is 9.93 Å². The third kappa shape index (κ3) is 3.37. The van der Waals surface area contributed by atoms with Crippen LogP contribution in [-0.2, 0) is 10.2 Å². The van der Waals surface area contributed by atoms with Gasteiger partial charge in [0.1, 0.15) is 6.04 Å². The van der Waals surface area contributed by atoms with Crippen LogP contribution < -0.4 is 11.1 Å². The van der Waals surface area contributed by atoms with Crippen LogP contribution in [0.2, 0.25) is 0 Å². The molecule has 2 aliphatic rings. The van der Waals surface area contributed by atoms with E-state index in [1.807, 2.05) is 19.1 Å². The maximum absolute atomic E-state index is 12.6. The number of primary amides is 1. The second kappa shape index (κ2) is 7.16. The molecule has 0 spiro atoms. The van der Waals surface area contributed by atoms with Crippen LogP contribution in [0.3, 0.4) is 0 Å². The highest BCUT2D eigenvalue weighted by Crippen LogP contribution is 2.43. The van der Waals surface area contributed by atoms with E-state index in [-0.39, 0.29) is 0 Å². The maximum atomic E-state index is 12.6. The number of nitrogens with one attached hydrogen (secondary N) is 1. The normalized spacial score (nSPS) is 22.7. The van der Waals surface area contributed by atoms with Crippen LogP contribution in [0.5, 0.6) is 0 Å². The molecule has 2 aromatic rings. The van der Waals surface area contributed by atoms with Crippen molar-refractivity contribution >= 4 is 28.4 Å². The second-order valence-corrected chi connectivity index (χ2v) is 8.48. The van der Waals surface area contributed by atoms with Gasteiger partial charge in [-0.3, -0.25) is 15.1 Å². The van der Waals surface area contributed by atoms with E-state index in [0.717, 1.165) is 29.0 Å². The summed E-state index contributed by atoms with van der Waals surface area (Å²) in [6.07, 6.45) is 5.00. The number of nitrogens with zero attached hydrogens (tertiary/aromatic N) is 3. The molecule has 2 aromatic heterocycles. The zero-order valence-electron chi connectivity index (χ0n) is 18.7. The molecule has 3 amide bonds. The number of aryl methyl sites for hydroxylation is 1. The molecule has 8 heteroatoms. The van der Waals surface area contributed by atoms with Crippen molar-refractivity contribution in [1.82, 2.24) is 14.9 Å². The third-order valence-corrected chi connectivity index (χ3v) is 6.69. The smallest absolute Gasteiger partial charge is 0.324 e. The van der Waals surface area contributed by atoms with Crippen LogP contribution in [0.25, 0.3) is 10.4 Å². The van der Waals surface area contributed by atoms with Crippen molar-refractivity contribution in [3.63, 3.8) is 0 Å². The van der Waals surface area contributed by atoms with Crippen LogP contribution in [0, 0.1) is 6.92 Å². The molecule has 0 unspecified atom stereocenters. The van der Waals surface area contributed by atoms with E-state index in [0.29, 0.717) is 36.6 Å². The zero-order valence-corrected chi connectivity index (χ0v) is 16.5. The first kappa shape index (κ1) is 15.4. The molecule has 0 aromatic carbocycles. The molecule has 0 bridgehead atoms. The Kier molecular flexibility index (Phi) is 3.95. The molecule has 1 aliphatic heterocycles. The van der Waals surface area contributed by atoms with Gasteiger partial charge in [0.25, 0.3) is 0 Å². The topological polar surface area (TPSA) is 101 Å². The van der Waals surface area contributed by atoms with Crippen molar-refractivity contribution in [1.29, 1.82) is 0 Å². The summed E-state index contributed by atoms with van der Waals surface area (Å²) in [4.78, 5) is 35.3. The summed E-state index contributed by atoms with van der Waals surface area (Å²) >= 11 is 1.31. The molecule has 1 atom stereocenters. The van der Waals surface area contributed by atoms with Gasteiger partial charge in [-0.15, -0.1) is 0 Å². The average Bonchev–Trinajstić information content (AvgIpc) is 3.26. The van der Waals surface area contributed by atoms with Crippen LogP contribution in [-0.4, -0.2) is 39.4 Å². The first-order valence-corrected chi connectivity index (χ1v) is 10.3. The molecule has 3 N–H and O–H groups in total. The second-order valence-electron chi connectivity index (χ2n) is 7.48. The molecule has 28 heavy (non-hydrogen) atoms. The summed E-state index contributed by atoms with van der Waals surface area (Å²) in [5.74, 6) is -0.507. The summed E-state index contributed by atoms with van der Waals surface area (Å²) in [5, 5.41) is 3.19. The Morgan fingerprint density at radius 3 is 2.93 bits per heavy atom. The van der Waals surface area contributed by atoms with Gasteiger partial charge < -0.3 is 10.6 Å². The van der Waals surface area contributed by atoms with E-state index in [9.17, 15) is 9.59 Å². The number of rotatable bonds is 4. The van der Waals surface area contributed by atoms with Gasteiger partial charge in [0, 0.05) is 28.0 Å². The lowest BCUT2D eigenvalue weighted by molar-refractivity contribution is -0.121. The van der Waals surface area contributed by atoms with Gasteiger partial charge in [-0.2, -0.15) is 0 Å². The number of thiazole rings is 1. The van der Waals surface area contributed by atoms with Crippen molar-refractivity contribution in [3.8, 4) is 10.4 Å². The fraction of sp³-hybridized carbons (Fsp3) is 0.500. The lowest BCUT2D eigenvalue weighted by atomic mass is 9.68. The van der Waals surface area contributed by atoms with Crippen molar-refractivity contribution in [2.75, 3.05) is 11.9 Å². The SMILES string of the molecule is [2H]C([2H])([2H])C1(c2cc(-c3sc(NC(=O)N4CCC[C@H]4C(N)=O)nc3C)ccn2)CCC1. The van der Waals surface area contributed by atoms with Crippen LogP contribution >= 0.6 is 11.3 Å². The molecule has 7 nitrogen and oxygen atoms in total. The Bertz CT molecular complexity index is 1020. The molecule has 1 saturated carbocycles. The van der Waals surface area contributed by atoms with E-state index < -0.39 is 30.2 Å². The highest BCUT2D eigenvalue weighted by atomic mass is 32.1. The summed E-state index contributed by atoms with van der Waals surface area (Å²) in [6, 6.07) is 2.67. The zero-order chi connectivity index (χ0) is 22.4. The number of hydrogen-bond donors (Lipinski definition) is 2. The number of carbonyl (C=O) groups is 2. The Morgan fingerprint density at radius 2 is 2.25 bits per heavy atom. The van der Waals surface area contributed by atoms with E-state index >= 15 is 0 Å². The van der Waals surface area contributed by atoms with E-state index in [1.54, 1.807) is 6.20 Å². The van der Waals surface area contributed by atoms with Crippen molar-refractivity contribution in [3.05, 3.63) is 29.7 Å². The number of urea groups is 1. The van der Waals surface area contributed by atoms with E-state index in [4.69, 9.17) is 9.85 Å². The molecular formula is C20H25N5O2S. The number of nitrogens with two attached hydrogens (primary N) is 1.